The van der Waals surface area contributed by atoms with Gasteiger partial charge in [-0.25, -0.2) is 19.2 Å². The number of ether oxygens (including phenoxy) is 28. The Labute approximate surface area is 745 Å². The normalized spacial score (nSPS) is 22.2. The maximum atomic E-state index is 14.0. The molecule has 0 saturated carbocycles. The predicted octanol–water partition coefficient (Wildman–Crippen LogP) is 5.44. The first kappa shape index (κ1) is 97.1. The highest BCUT2D eigenvalue weighted by atomic mass is 16.6. The fourth-order valence-corrected chi connectivity index (χ4v) is 16.1. The summed E-state index contributed by atoms with van der Waals surface area (Å²) in [7, 11) is 6.50. The van der Waals surface area contributed by atoms with Crippen molar-refractivity contribution in [2.75, 3.05) is 266 Å². The van der Waals surface area contributed by atoms with Gasteiger partial charge in [0.1, 0.15) is 46.0 Å². The molecule has 1 aliphatic carbocycles. The van der Waals surface area contributed by atoms with Gasteiger partial charge in [-0.05, 0) is 75.6 Å². The average Bonchev–Trinajstić information content (AvgIpc) is 1.53. The molecule has 40 nitrogen and oxygen atoms in total. The zero-order valence-corrected chi connectivity index (χ0v) is 73.7. The second-order valence-electron chi connectivity index (χ2n) is 31.0. The van der Waals surface area contributed by atoms with Crippen LogP contribution in [0.2, 0.25) is 0 Å². The van der Waals surface area contributed by atoms with Crippen LogP contribution in [0.3, 0.4) is 0 Å². The molecule has 8 N–H and O–H groups in total. The zero-order chi connectivity index (χ0) is 88.7. The number of carbonyl (C=O) groups is 4. The van der Waals surface area contributed by atoms with Crippen molar-refractivity contribution in [1.29, 1.82) is 0 Å². The van der Waals surface area contributed by atoms with Crippen molar-refractivity contribution in [3.05, 3.63) is 93.0 Å². The average molecular weight is 1810 g/mol. The lowest BCUT2D eigenvalue weighted by molar-refractivity contribution is -0.00803. The molecule has 0 spiro atoms. The van der Waals surface area contributed by atoms with Crippen LogP contribution in [-0.4, -0.2) is 340 Å². The summed E-state index contributed by atoms with van der Waals surface area (Å²) in [5, 5.41) is 23.8. The highest BCUT2D eigenvalue weighted by Gasteiger charge is 2.47. The summed E-state index contributed by atoms with van der Waals surface area (Å²) < 4.78 is 173. The summed E-state index contributed by atoms with van der Waals surface area (Å²) in [6.45, 7) is 13.7. The first-order valence-electron chi connectivity index (χ1n) is 44.6. The third-order valence-electron chi connectivity index (χ3n) is 22.2. The lowest BCUT2D eigenvalue weighted by Crippen LogP contribution is -2.43. The topological polar surface area (TPSA) is 423 Å². The van der Waals surface area contributed by atoms with Gasteiger partial charge >= 0.3 is 24.1 Å². The van der Waals surface area contributed by atoms with E-state index in [1.165, 1.54) is 0 Å². The molecule has 40 heteroatoms. The van der Waals surface area contributed by atoms with E-state index >= 15 is 0 Å². The van der Waals surface area contributed by atoms with E-state index in [1.54, 1.807) is 28.4 Å². The van der Waals surface area contributed by atoms with Crippen molar-refractivity contribution in [1.82, 2.24) is 42.5 Å². The molecule has 8 heterocycles. The molecule has 0 aromatic heterocycles. The van der Waals surface area contributed by atoms with Crippen molar-refractivity contribution < 1.29 is 152 Å². The third-order valence-corrected chi connectivity index (χ3v) is 22.2. The first-order valence-corrected chi connectivity index (χ1v) is 44.6. The molecule has 8 amide bonds. The molecule has 4 fully saturated rings. The van der Waals surface area contributed by atoms with Crippen LogP contribution < -0.4 is 80.4 Å². The molecule has 13 rings (SSSR count). The Morgan fingerprint density at radius 1 is 0.188 bits per heavy atom. The van der Waals surface area contributed by atoms with Gasteiger partial charge in [0.25, 0.3) is 0 Å². The number of hydrogen-bond donors (Lipinski definition) is 8. The quantitative estimate of drug-likeness (QED) is 0.0255. The van der Waals surface area contributed by atoms with E-state index in [9.17, 15) is 19.2 Å². The van der Waals surface area contributed by atoms with Crippen LogP contribution >= 0.6 is 0 Å². The number of carbonyl (C=O) groups excluding carboxylic acids is 4. The molecule has 712 valence electrons. The fraction of sp³-hybridized carbons (Fsp3) is 0.682. The van der Waals surface area contributed by atoms with Crippen molar-refractivity contribution in [3.8, 4) is 46.0 Å². The smallest absolute Gasteiger partial charge is 0.320 e. The maximum Gasteiger partial charge on any atom is 0.320 e. The van der Waals surface area contributed by atoms with Gasteiger partial charge in [-0.15, -0.1) is 0 Å². The molecule has 8 bridgehead atoms. The van der Waals surface area contributed by atoms with Crippen molar-refractivity contribution in [2.24, 2.45) is 0 Å². The zero-order valence-electron chi connectivity index (χ0n) is 73.7. The molecule has 4 aromatic rings. The number of methoxy groups -OCH3 is 4. The van der Waals surface area contributed by atoms with Gasteiger partial charge in [-0.1, -0.05) is 0 Å². The monoisotopic (exact) mass is 1810 g/mol. The molecule has 9 aliphatic rings. The molecule has 4 saturated heterocycles. The summed E-state index contributed by atoms with van der Waals surface area (Å²) in [6.07, 6.45) is -5.93. The SMILES string of the molecule is COCCOCCOCCOCCOCCCC1c2cc3c4cc2OC2NC(=O)NC2Oc2cc5c(cc21)C(CCCOCCOCCOCCOCCOC)c1cc2c(cc1OC1NC(=O)NC1O5)OC1NC(=O)NC1Oc1cc(c(cc1C2CCCOCCOCCOCCOCCOC)C3CCCOCCOCCOCCOCCOC)OC1NC(=O)NC1O4. The van der Waals surface area contributed by atoms with Gasteiger partial charge in [-0.3, -0.25) is 42.5 Å². The van der Waals surface area contributed by atoms with Crippen molar-refractivity contribution in [3.63, 3.8) is 0 Å². The van der Waals surface area contributed by atoms with Gasteiger partial charge in [0.15, 0.2) is 0 Å². The molecule has 4 aromatic carbocycles. The Morgan fingerprint density at radius 2 is 0.312 bits per heavy atom. The van der Waals surface area contributed by atoms with E-state index in [-0.39, 0.29) is 26.4 Å². The second-order valence-corrected chi connectivity index (χ2v) is 31.0. The minimum absolute atomic E-state index is 0.281. The van der Waals surface area contributed by atoms with E-state index in [0.29, 0.717) is 353 Å². The molecule has 8 aliphatic heterocycles. The number of urea groups is 4. The Kier molecular flexibility index (Phi) is 40.3. The van der Waals surface area contributed by atoms with E-state index in [0.717, 1.165) is 0 Å². The maximum absolute atomic E-state index is 14.0. The van der Waals surface area contributed by atoms with E-state index in [4.69, 9.17) is 133 Å². The lowest BCUT2D eigenvalue weighted by Gasteiger charge is -2.31. The lowest BCUT2D eigenvalue weighted by atomic mass is 9.76. The molecular formula is C88H128N8O32. The van der Waals surface area contributed by atoms with Gasteiger partial charge in [0.2, 0.25) is 49.8 Å². The van der Waals surface area contributed by atoms with E-state index in [2.05, 4.69) is 66.8 Å². The Hall–Kier alpha value is -8.44. The second kappa shape index (κ2) is 53.2. The van der Waals surface area contributed by atoms with Gasteiger partial charge in [0.05, 0.1) is 211 Å². The molecule has 8 atom stereocenters. The van der Waals surface area contributed by atoms with Crippen LogP contribution in [0.25, 0.3) is 0 Å². The number of rotatable bonds is 64. The number of hydrogen-bond acceptors (Lipinski definition) is 32. The largest absolute Gasteiger partial charge is 0.464 e. The van der Waals surface area contributed by atoms with Crippen LogP contribution in [0.1, 0.15) is 120 Å². The van der Waals surface area contributed by atoms with Crippen LogP contribution in [0.4, 0.5) is 19.2 Å². The summed E-state index contributed by atoms with van der Waals surface area (Å²) in [5.74, 6) is -0.102. The van der Waals surface area contributed by atoms with Crippen LogP contribution in [0, 0.1) is 0 Å². The number of amides is 8. The molecule has 8 unspecified atom stereocenters. The Bertz CT molecular complexity index is 3390. The Morgan fingerprint density at radius 3 is 0.445 bits per heavy atom. The summed E-state index contributed by atoms with van der Waals surface area (Å²) in [6, 6.07) is 13.4. The standard InChI is InChI=1S/C88H128N8O32/c1-101-17-21-109-33-37-117-45-41-113-29-25-105-13-5-9-57-61-49-63-58(10-6-14-106-26-30-114-42-46-118-38-34-110-22-18-102-2)65-51-67-60(12-8-16-108-28-32-116-44-48-120-40-36-112-24-20-104-4)68-52-66-59(11-7-15-107-27-31-115-43-47-119-39-35-111-23-19-103-3)64-50-62(57)70-54-72(64)124-80-82(94-87(99)92-80)126-74(66)56-76(68)128-84-83(95-88(100)96-84)127-75(67)55-73(65)125-81-79(91-86(98)93-81)123-71(63)53-69(61)121-77-78(122-70)90-85(97)89-77/h49-60,77-84H,5-48H2,1-4H3,(H2,89,90,97)(H2,91,93,98)(H2,92,94,99)(H2,95,96,100). The molecule has 0 radical (unpaired) electrons. The summed E-state index contributed by atoms with van der Waals surface area (Å²) in [5.41, 5.74) is 5.32. The van der Waals surface area contributed by atoms with Gasteiger partial charge < -0.3 is 133 Å². The highest BCUT2D eigenvalue weighted by molar-refractivity contribution is 5.79. The first-order chi connectivity index (χ1) is 63.0. The van der Waals surface area contributed by atoms with Gasteiger partial charge in [0, 0.05) is 147 Å². The van der Waals surface area contributed by atoms with Crippen LogP contribution in [-0.2, 0) is 94.7 Å². The minimum Gasteiger partial charge on any atom is -0.464 e. The predicted molar refractivity (Wildman–Crippen MR) is 453 cm³/mol. The van der Waals surface area contributed by atoms with E-state index in [1.807, 2.05) is 24.3 Å². The van der Waals surface area contributed by atoms with Crippen molar-refractivity contribution in [2.45, 2.75) is 125 Å². The van der Waals surface area contributed by atoms with Crippen LogP contribution in [0.15, 0.2) is 48.5 Å². The van der Waals surface area contributed by atoms with Crippen LogP contribution in [0.5, 0.6) is 46.0 Å². The van der Waals surface area contributed by atoms with E-state index < -0.39 is 97.6 Å². The molecule has 128 heavy (non-hydrogen) atoms. The summed E-state index contributed by atoms with van der Waals surface area (Å²) >= 11 is 0. The molecular weight excluding hydrogens is 1680 g/mol. The van der Waals surface area contributed by atoms with Gasteiger partial charge in [-0.2, -0.15) is 0 Å². The summed E-state index contributed by atoms with van der Waals surface area (Å²) in [4.78, 5) is 55.9. The van der Waals surface area contributed by atoms with Crippen molar-refractivity contribution >= 4 is 24.1 Å². The Balaban J connectivity index is 0.924. The number of fused-ring (bicyclic) bond motifs is 4. The number of benzene rings is 4. The third kappa shape index (κ3) is 28.8. The highest BCUT2D eigenvalue weighted by Crippen LogP contribution is 2.56. The number of nitrogens with one attached hydrogen (secondary N) is 8. The minimum atomic E-state index is -1.17. The fourth-order valence-electron chi connectivity index (χ4n) is 16.1.